The van der Waals surface area contributed by atoms with Crippen LogP contribution in [-0.2, 0) is 4.79 Å². The number of nitrogens with zero attached hydrogens (tertiary/aromatic N) is 6. The van der Waals surface area contributed by atoms with Gasteiger partial charge in [0, 0.05) is 5.56 Å². The molecule has 1 N–H and O–H groups in total. The molecule has 0 saturated carbocycles. The third kappa shape index (κ3) is 3.29. The van der Waals surface area contributed by atoms with Crippen molar-refractivity contribution >= 4 is 5.91 Å². The van der Waals surface area contributed by atoms with Gasteiger partial charge in [0.15, 0.2) is 5.82 Å². The number of benzene rings is 1. The minimum atomic E-state index is -0.624. The predicted molar refractivity (Wildman–Crippen MR) is 83.6 cm³/mol. The molecule has 9 nitrogen and oxygen atoms in total. The van der Waals surface area contributed by atoms with E-state index in [1.165, 1.54) is 4.80 Å². The average molecular weight is 327 g/mol. The van der Waals surface area contributed by atoms with E-state index < -0.39 is 12.1 Å². The Kier molecular flexibility index (Phi) is 4.32. The van der Waals surface area contributed by atoms with Gasteiger partial charge in [0.2, 0.25) is 17.6 Å². The lowest BCUT2D eigenvalue weighted by atomic mass is 10.2. The normalized spacial score (nSPS) is 13.5. The van der Waals surface area contributed by atoms with Gasteiger partial charge < -0.3 is 9.84 Å². The van der Waals surface area contributed by atoms with E-state index >= 15 is 0 Å². The molecule has 0 radical (unpaired) electrons. The van der Waals surface area contributed by atoms with Crippen LogP contribution in [0.1, 0.15) is 37.6 Å². The molecule has 3 rings (SSSR count). The van der Waals surface area contributed by atoms with Gasteiger partial charge in [0.05, 0.1) is 0 Å². The van der Waals surface area contributed by atoms with Crippen molar-refractivity contribution in [3.8, 4) is 11.4 Å². The van der Waals surface area contributed by atoms with Crippen LogP contribution in [0.15, 0.2) is 34.9 Å². The van der Waals surface area contributed by atoms with E-state index in [2.05, 4.69) is 30.9 Å². The molecule has 0 aliphatic rings. The molecule has 0 bridgehead atoms. The van der Waals surface area contributed by atoms with Crippen LogP contribution in [0.25, 0.3) is 11.4 Å². The van der Waals surface area contributed by atoms with E-state index in [1.54, 1.807) is 20.8 Å². The molecule has 0 aliphatic heterocycles. The number of carbonyl (C=O) groups is 1. The Morgan fingerprint density at radius 2 is 2.00 bits per heavy atom. The van der Waals surface area contributed by atoms with Crippen molar-refractivity contribution in [3.63, 3.8) is 0 Å². The molecule has 1 amide bonds. The number of hydrogen-bond acceptors (Lipinski definition) is 7. The smallest absolute Gasteiger partial charge is 0.248 e. The van der Waals surface area contributed by atoms with Crippen LogP contribution < -0.4 is 5.32 Å². The van der Waals surface area contributed by atoms with Gasteiger partial charge in [-0.3, -0.25) is 4.79 Å². The summed E-state index contributed by atoms with van der Waals surface area (Å²) in [5.74, 6) is 1.07. The predicted octanol–water partition coefficient (Wildman–Crippen LogP) is 1.47. The van der Waals surface area contributed by atoms with Crippen LogP contribution in [0.4, 0.5) is 0 Å². The Balaban J connectivity index is 1.69. The summed E-state index contributed by atoms with van der Waals surface area (Å²) in [5, 5.41) is 18.7. The Labute approximate surface area is 138 Å². The monoisotopic (exact) mass is 327 g/mol. The number of nitrogens with one attached hydrogen (secondary N) is 1. The fraction of sp³-hybridized carbons (Fsp3) is 0.333. The number of tetrazole rings is 1. The topological polar surface area (TPSA) is 112 Å². The number of amides is 1. The lowest BCUT2D eigenvalue weighted by molar-refractivity contribution is -0.125. The first-order valence-electron chi connectivity index (χ1n) is 7.50. The molecule has 0 unspecified atom stereocenters. The van der Waals surface area contributed by atoms with E-state index in [-0.39, 0.29) is 5.91 Å². The van der Waals surface area contributed by atoms with Crippen molar-refractivity contribution in [2.24, 2.45) is 0 Å². The molecular formula is C15H17N7O2. The molecule has 124 valence electrons. The second-order valence-electron chi connectivity index (χ2n) is 5.39. The second-order valence-corrected chi connectivity index (χ2v) is 5.39. The highest BCUT2D eigenvalue weighted by atomic mass is 16.5. The second kappa shape index (κ2) is 6.57. The van der Waals surface area contributed by atoms with E-state index in [0.29, 0.717) is 17.5 Å². The van der Waals surface area contributed by atoms with Crippen LogP contribution in [-0.4, -0.2) is 36.3 Å². The number of hydrogen-bond donors (Lipinski definition) is 1. The first-order valence-corrected chi connectivity index (χ1v) is 7.50. The summed E-state index contributed by atoms with van der Waals surface area (Å²) < 4.78 is 5.05. The third-order valence-corrected chi connectivity index (χ3v) is 3.46. The summed E-state index contributed by atoms with van der Waals surface area (Å²) in [5.41, 5.74) is 0.839. The fourth-order valence-electron chi connectivity index (χ4n) is 2.08. The van der Waals surface area contributed by atoms with Crippen molar-refractivity contribution in [2.75, 3.05) is 0 Å². The summed E-state index contributed by atoms with van der Waals surface area (Å²) in [4.78, 5) is 17.7. The van der Waals surface area contributed by atoms with E-state index in [0.717, 1.165) is 5.56 Å². The summed E-state index contributed by atoms with van der Waals surface area (Å²) >= 11 is 0. The largest absolute Gasteiger partial charge is 0.343 e. The van der Waals surface area contributed by atoms with Crippen molar-refractivity contribution in [2.45, 2.75) is 32.9 Å². The van der Waals surface area contributed by atoms with Crippen LogP contribution in [0, 0.1) is 6.92 Å². The number of rotatable bonds is 5. The lowest BCUT2D eigenvalue weighted by Gasteiger charge is -2.13. The van der Waals surface area contributed by atoms with E-state index in [1.807, 2.05) is 30.3 Å². The zero-order valence-electron chi connectivity index (χ0n) is 13.5. The zero-order valence-corrected chi connectivity index (χ0v) is 13.5. The molecule has 0 saturated heterocycles. The van der Waals surface area contributed by atoms with Crippen molar-refractivity contribution in [1.82, 2.24) is 35.7 Å². The molecule has 2 heterocycles. The Hall–Kier alpha value is -3.10. The van der Waals surface area contributed by atoms with Gasteiger partial charge in [-0.25, -0.2) is 0 Å². The molecule has 3 aromatic rings. The summed E-state index contributed by atoms with van der Waals surface area (Å²) in [6, 6.07) is 8.42. The highest BCUT2D eigenvalue weighted by Crippen LogP contribution is 2.15. The van der Waals surface area contributed by atoms with Crippen LogP contribution >= 0.6 is 0 Å². The molecule has 1 aromatic carbocycles. The Morgan fingerprint density at radius 3 is 2.67 bits per heavy atom. The van der Waals surface area contributed by atoms with Gasteiger partial charge >= 0.3 is 0 Å². The highest BCUT2D eigenvalue weighted by Gasteiger charge is 2.22. The molecule has 2 atom stereocenters. The first-order chi connectivity index (χ1) is 11.5. The molecular weight excluding hydrogens is 310 g/mol. The van der Waals surface area contributed by atoms with Gasteiger partial charge in [0.1, 0.15) is 12.1 Å². The standard InChI is InChI=1S/C15H17N7O2/c1-9(15-17-11(3)20-24-15)16-14(23)10(2)22-19-13(18-21-22)12-7-5-4-6-8-12/h4-10H,1-3H3,(H,16,23)/t9-,10+/m0/s1. The van der Waals surface area contributed by atoms with E-state index in [9.17, 15) is 4.79 Å². The minimum Gasteiger partial charge on any atom is -0.343 e. The molecule has 0 fully saturated rings. The molecule has 2 aromatic heterocycles. The van der Waals surface area contributed by atoms with E-state index in [4.69, 9.17) is 4.52 Å². The maximum Gasteiger partial charge on any atom is 0.248 e. The van der Waals surface area contributed by atoms with Gasteiger partial charge in [-0.1, -0.05) is 35.5 Å². The average Bonchev–Trinajstić information content (AvgIpc) is 3.24. The van der Waals surface area contributed by atoms with Gasteiger partial charge in [-0.2, -0.15) is 9.78 Å². The zero-order chi connectivity index (χ0) is 17.1. The number of carbonyl (C=O) groups excluding carboxylic acids is 1. The molecule has 0 spiro atoms. The Morgan fingerprint density at radius 1 is 1.25 bits per heavy atom. The highest BCUT2D eigenvalue weighted by molar-refractivity contribution is 5.79. The number of aryl methyl sites for hydroxylation is 1. The maximum absolute atomic E-state index is 12.4. The summed E-state index contributed by atoms with van der Waals surface area (Å²) in [7, 11) is 0. The maximum atomic E-state index is 12.4. The number of aromatic nitrogens is 6. The molecule has 24 heavy (non-hydrogen) atoms. The van der Waals surface area contributed by atoms with Gasteiger partial charge in [0.25, 0.3) is 0 Å². The molecule has 0 aliphatic carbocycles. The Bertz CT molecular complexity index is 827. The van der Waals surface area contributed by atoms with Crippen molar-refractivity contribution < 1.29 is 9.32 Å². The fourth-order valence-corrected chi connectivity index (χ4v) is 2.08. The summed E-state index contributed by atoms with van der Waals surface area (Å²) in [6.45, 7) is 5.17. The SMILES string of the molecule is Cc1noc([C@H](C)NC(=O)[C@@H](C)n2nnc(-c3ccccc3)n2)n1. The lowest BCUT2D eigenvalue weighted by Crippen LogP contribution is -2.34. The van der Waals surface area contributed by atoms with Gasteiger partial charge in [-0.15, -0.1) is 10.2 Å². The van der Waals surface area contributed by atoms with Crippen LogP contribution in [0.5, 0.6) is 0 Å². The van der Waals surface area contributed by atoms with Crippen LogP contribution in [0.3, 0.4) is 0 Å². The molecule has 9 heteroatoms. The summed E-state index contributed by atoms with van der Waals surface area (Å²) in [6.07, 6.45) is 0. The van der Waals surface area contributed by atoms with Crippen LogP contribution in [0.2, 0.25) is 0 Å². The quantitative estimate of drug-likeness (QED) is 0.755. The van der Waals surface area contributed by atoms with Crippen molar-refractivity contribution in [3.05, 3.63) is 42.0 Å². The first kappa shape index (κ1) is 15.8. The van der Waals surface area contributed by atoms with Gasteiger partial charge in [-0.05, 0) is 26.0 Å². The minimum absolute atomic E-state index is 0.268. The van der Waals surface area contributed by atoms with Crippen molar-refractivity contribution in [1.29, 1.82) is 0 Å². The third-order valence-electron chi connectivity index (χ3n) is 3.46.